The van der Waals surface area contributed by atoms with Crippen molar-refractivity contribution in [2.45, 2.75) is 19.9 Å². The molecule has 12 heteroatoms. The van der Waals surface area contributed by atoms with E-state index >= 15 is 0 Å². The van der Waals surface area contributed by atoms with E-state index in [1.807, 2.05) is 6.92 Å². The van der Waals surface area contributed by atoms with E-state index in [2.05, 4.69) is 11.6 Å². The maximum atomic E-state index is 13.7. The van der Waals surface area contributed by atoms with Gasteiger partial charge in [-0.05, 0) is 43.7 Å². The molecular weight excluding hydrogens is 564 g/mol. The van der Waals surface area contributed by atoms with E-state index in [1.165, 1.54) is 27.4 Å². The number of carbonyl (C=O) groups excluding carboxylic acids is 3. The third-order valence-corrected chi connectivity index (χ3v) is 7.51. The molecule has 4 rings (SSSR count). The van der Waals surface area contributed by atoms with Crippen LogP contribution < -0.4 is 23.8 Å². The summed E-state index contributed by atoms with van der Waals surface area (Å²) in [5.74, 6) is -1.67. The van der Waals surface area contributed by atoms with Gasteiger partial charge in [-0.2, -0.15) is 0 Å². The number of aliphatic hydroxyl groups excluding tert-OH is 1. The number of anilines is 1. The number of rotatable bonds is 11. The first-order chi connectivity index (χ1) is 20.2. The van der Waals surface area contributed by atoms with E-state index in [0.29, 0.717) is 29.4 Å². The van der Waals surface area contributed by atoms with Gasteiger partial charge in [-0.3, -0.25) is 14.5 Å². The number of methoxy groups -OCH3 is 3. The number of hydrogen-bond acceptors (Lipinski definition) is 11. The van der Waals surface area contributed by atoms with Crippen molar-refractivity contribution in [2.24, 2.45) is 0 Å². The lowest BCUT2D eigenvalue weighted by Crippen LogP contribution is -2.29. The Kier molecular flexibility index (Phi) is 9.16. The molecule has 0 bridgehead atoms. The molecule has 220 valence electrons. The summed E-state index contributed by atoms with van der Waals surface area (Å²) in [5.41, 5.74) is 0.723. The van der Waals surface area contributed by atoms with Crippen molar-refractivity contribution in [3.05, 3.63) is 76.3 Å². The fourth-order valence-electron chi connectivity index (χ4n) is 4.53. The summed E-state index contributed by atoms with van der Waals surface area (Å²) in [6, 6.07) is 8.51. The number of ketones is 1. The molecule has 1 aliphatic rings. The summed E-state index contributed by atoms with van der Waals surface area (Å²) in [4.78, 5) is 45.7. The van der Waals surface area contributed by atoms with Gasteiger partial charge in [-0.1, -0.05) is 36.1 Å². The van der Waals surface area contributed by atoms with Crippen LogP contribution in [0.4, 0.5) is 5.13 Å². The molecule has 1 aromatic heterocycles. The largest absolute Gasteiger partial charge is 0.507 e. The average molecular weight is 595 g/mol. The lowest BCUT2D eigenvalue weighted by Gasteiger charge is -2.24. The fraction of sp³-hybridized carbons (Fsp3) is 0.267. The third-order valence-electron chi connectivity index (χ3n) is 6.37. The topological polar surface area (TPSA) is 134 Å². The minimum atomic E-state index is -1.18. The van der Waals surface area contributed by atoms with Gasteiger partial charge in [0.1, 0.15) is 23.0 Å². The number of thiazole rings is 1. The number of Topliss-reactive ketones (excluding diaryl/α,β-unsaturated/α-hetero) is 1. The van der Waals surface area contributed by atoms with Gasteiger partial charge < -0.3 is 28.8 Å². The van der Waals surface area contributed by atoms with Crippen LogP contribution >= 0.6 is 11.3 Å². The van der Waals surface area contributed by atoms with Crippen LogP contribution in [0.1, 0.15) is 39.5 Å². The zero-order valence-electron chi connectivity index (χ0n) is 23.8. The Morgan fingerprint density at radius 2 is 1.81 bits per heavy atom. The predicted molar refractivity (Wildman–Crippen MR) is 156 cm³/mol. The van der Waals surface area contributed by atoms with Crippen LogP contribution in [0.2, 0.25) is 0 Å². The van der Waals surface area contributed by atoms with E-state index in [0.717, 1.165) is 16.2 Å². The van der Waals surface area contributed by atoms with E-state index in [9.17, 15) is 19.5 Å². The summed E-state index contributed by atoms with van der Waals surface area (Å²) < 4.78 is 27.2. The number of amides is 1. The van der Waals surface area contributed by atoms with Crippen LogP contribution in [0.25, 0.3) is 5.76 Å². The SMILES string of the molecule is C=CCOC(=O)c1sc(N2C(=O)C(=O)/C(=C(/O)c3cccc(OCC)c3)C2c2cc(OC)c(OC)c(OC)c2)nc1C. The zero-order chi connectivity index (χ0) is 30.6. The normalized spacial score (nSPS) is 15.8. The van der Waals surface area contributed by atoms with Crippen molar-refractivity contribution in [1.82, 2.24) is 4.98 Å². The molecule has 1 unspecified atom stereocenters. The highest BCUT2D eigenvalue weighted by Crippen LogP contribution is 2.48. The monoisotopic (exact) mass is 594 g/mol. The van der Waals surface area contributed by atoms with Crippen LogP contribution in [-0.4, -0.2) is 62.3 Å². The summed E-state index contributed by atoms with van der Waals surface area (Å²) in [6.07, 6.45) is 1.43. The average Bonchev–Trinajstić information content (AvgIpc) is 3.51. The van der Waals surface area contributed by atoms with Gasteiger partial charge in [-0.15, -0.1) is 0 Å². The van der Waals surface area contributed by atoms with Crippen LogP contribution in [0.5, 0.6) is 23.0 Å². The number of ether oxygens (including phenoxy) is 5. The van der Waals surface area contributed by atoms with Crippen LogP contribution in [0, 0.1) is 6.92 Å². The fourth-order valence-corrected chi connectivity index (χ4v) is 5.52. The molecular formula is C30H30N2O9S. The van der Waals surface area contributed by atoms with Crippen LogP contribution in [0.15, 0.2) is 54.6 Å². The molecule has 3 aromatic rings. The standard InChI is InChI=1S/C30H30N2O9S/c1-7-12-41-29(36)27-16(3)31-30(42-27)32-23(18-14-20(37-4)26(39-6)21(15-18)38-5)22(25(34)28(32)35)24(33)17-10-9-11-19(13-17)40-8-2/h7,9-11,13-15,23,33H,1,8,12H2,2-6H3/b24-22+. The number of carbonyl (C=O) groups is 3. The first-order valence-corrected chi connectivity index (χ1v) is 13.6. The highest BCUT2D eigenvalue weighted by molar-refractivity contribution is 7.17. The minimum absolute atomic E-state index is 0.0116. The highest BCUT2D eigenvalue weighted by atomic mass is 32.1. The Morgan fingerprint density at radius 3 is 2.40 bits per heavy atom. The number of aryl methyl sites for hydroxylation is 1. The first-order valence-electron chi connectivity index (χ1n) is 12.8. The van der Waals surface area contributed by atoms with Gasteiger partial charge in [0.2, 0.25) is 5.75 Å². The first kappa shape index (κ1) is 30.1. The predicted octanol–water partition coefficient (Wildman–Crippen LogP) is 4.85. The third kappa shape index (κ3) is 5.53. The minimum Gasteiger partial charge on any atom is -0.507 e. The van der Waals surface area contributed by atoms with E-state index in [4.69, 9.17) is 23.7 Å². The van der Waals surface area contributed by atoms with Crippen molar-refractivity contribution in [1.29, 1.82) is 0 Å². The van der Waals surface area contributed by atoms with E-state index < -0.39 is 29.5 Å². The summed E-state index contributed by atoms with van der Waals surface area (Å²) in [7, 11) is 4.31. The summed E-state index contributed by atoms with van der Waals surface area (Å²) >= 11 is 0.887. The van der Waals surface area contributed by atoms with Crippen molar-refractivity contribution in [3.8, 4) is 23.0 Å². The molecule has 1 saturated heterocycles. The number of esters is 1. The molecule has 1 aliphatic heterocycles. The Hall–Kier alpha value is -4.84. The Labute approximate surface area is 246 Å². The molecule has 42 heavy (non-hydrogen) atoms. The molecule has 1 fully saturated rings. The molecule has 0 aliphatic carbocycles. The maximum absolute atomic E-state index is 13.7. The summed E-state index contributed by atoms with van der Waals surface area (Å²) in [5, 5.41) is 11.6. The number of nitrogens with zero attached hydrogens (tertiary/aromatic N) is 2. The van der Waals surface area contributed by atoms with Gasteiger partial charge in [0.25, 0.3) is 5.78 Å². The molecule has 1 N–H and O–H groups in total. The Bertz CT molecular complexity index is 1550. The van der Waals surface area contributed by atoms with Gasteiger partial charge in [0.05, 0.1) is 45.2 Å². The number of aromatic nitrogens is 1. The summed E-state index contributed by atoms with van der Waals surface area (Å²) in [6.45, 7) is 7.33. The Morgan fingerprint density at radius 1 is 1.12 bits per heavy atom. The van der Waals surface area contributed by atoms with Crippen LogP contribution in [0.3, 0.4) is 0 Å². The van der Waals surface area contributed by atoms with Gasteiger partial charge in [-0.25, -0.2) is 9.78 Å². The van der Waals surface area contributed by atoms with E-state index in [-0.39, 0.29) is 39.3 Å². The molecule has 1 amide bonds. The lowest BCUT2D eigenvalue weighted by atomic mass is 9.94. The van der Waals surface area contributed by atoms with Crippen molar-refractivity contribution in [3.63, 3.8) is 0 Å². The zero-order valence-corrected chi connectivity index (χ0v) is 24.6. The Balaban J connectivity index is 1.97. The number of benzene rings is 2. The molecule has 2 aromatic carbocycles. The van der Waals surface area contributed by atoms with Gasteiger partial charge in [0, 0.05) is 5.56 Å². The van der Waals surface area contributed by atoms with Crippen LogP contribution in [-0.2, 0) is 14.3 Å². The second kappa shape index (κ2) is 12.8. The number of aliphatic hydroxyl groups is 1. The second-order valence-electron chi connectivity index (χ2n) is 8.89. The number of hydrogen-bond donors (Lipinski definition) is 1. The van der Waals surface area contributed by atoms with Crippen molar-refractivity contribution < 1.29 is 43.2 Å². The van der Waals surface area contributed by atoms with Crippen molar-refractivity contribution >= 4 is 39.9 Å². The molecule has 2 heterocycles. The molecule has 11 nitrogen and oxygen atoms in total. The molecule has 0 saturated carbocycles. The molecule has 1 atom stereocenters. The smallest absolute Gasteiger partial charge is 0.350 e. The van der Waals surface area contributed by atoms with Gasteiger partial charge >= 0.3 is 11.9 Å². The lowest BCUT2D eigenvalue weighted by molar-refractivity contribution is -0.132. The highest BCUT2D eigenvalue weighted by Gasteiger charge is 2.49. The second-order valence-corrected chi connectivity index (χ2v) is 9.86. The molecule has 0 spiro atoms. The molecule has 0 radical (unpaired) electrons. The van der Waals surface area contributed by atoms with Gasteiger partial charge in [0.15, 0.2) is 16.6 Å². The van der Waals surface area contributed by atoms with Crippen molar-refractivity contribution in [2.75, 3.05) is 39.4 Å². The maximum Gasteiger partial charge on any atom is 0.350 e. The quantitative estimate of drug-likeness (QED) is 0.108. The van der Waals surface area contributed by atoms with E-state index in [1.54, 1.807) is 43.3 Å².